The number of hydrogen-bond acceptors (Lipinski definition) is 8. The maximum absolute atomic E-state index is 12.3. The molecule has 0 radical (unpaired) electrons. The first-order valence-electron chi connectivity index (χ1n) is 9.18. The molecule has 2 heterocycles. The molecule has 158 valence electrons. The van der Waals surface area contributed by atoms with Gasteiger partial charge in [-0.25, -0.2) is 9.59 Å². The highest BCUT2D eigenvalue weighted by atomic mass is 16.8. The van der Waals surface area contributed by atoms with Crippen LogP contribution in [0.5, 0.6) is 0 Å². The lowest BCUT2D eigenvalue weighted by atomic mass is 10.0. The molecule has 0 aromatic carbocycles. The number of hydrogen-bond donors (Lipinski definition) is 0. The molecular formula is C20H30O8. The third-order valence-electron chi connectivity index (χ3n) is 4.30. The predicted molar refractivity (Wildman–Crippen MR) is 99.2 cm³/mol. The van der Waals surface area contributed by atoms with E-state index in [1.165, 1.54) is 13.8 Å². The third kappa shape index (κ3) is 5.64. The molecule has 0 bridgehead atoms. The van der Waals surface area contributed by atoms with E-state index >= 15 is 0 Å². The predicted octanol–water partition coefficient (Wildman–Crippen LogP) is 2.27. The van der Waals surface area contributed by atoms with Gasteiger partial charge in [0, 0.05) is 11.1 Å². The molecule has 2 aliphatic rings. The van der Waals surface area contributed by atoms with E-state index in [1.807, 2.05) is 0 Å². The Hall–Kier alpha value is -1.74. The van der Waals surface area contributed by atoms with Gasteiger partial charge in [-0.1, -0.05) is 13.2 Å². The van der Waals surface area contributed by atoms with Crippen molar-refractivity contribution in [2.24, 2.45) is 0 Å². The first-order chi connectivity index (χ1) is 12.8. The summed E-state index contributed by atoms with van der Waals surface area (Å²) in [6.45, 7) is 17.6. The lowest BCUT2D eigenvalue weighted by Gasteiger charge is -2.33. The van der Waals surface area contributed by atoms with Crippen LogP contribution in [0.3, 0.4) is 0 Å². The molecule has 2 saturated heterocycles. The average molecular weight is 398 g/mol. The van der Waals surface area contributed by atoms with Crippen LogP contribution >= 0.6 is 0 Å². The SMILES string of the molecule is C=C(C)C(=O)O[C@@H]([C@H](OC(=O)C(=C)C)[C@H]1COC(C)(C)O1)[C@H]1COC(C)(C)O1. The molecule has 2 fully saturated rings. The molecule has 4 atom stereocenters. The largest absolute Gasteiger partial charge is 0.452 e. The molecule has 0 aliphatic carbocycles. The van der Waals surface area contributed by atoms with Gasteiger partial charge in [-0.15, -0.1) is 0 Å². The number of ether oxygens (including phenoxy) is 6. The Morgan fingerprint density at radius 1 is 0.821 bits per heavy atom. The quantitative estimate of drug-likeness (QED) is 0.477. The number of carbonyl (C=O) groups is 2. The van der Waals surface area contributed by atoms with Crippen molar-refractivity contribution in [2.75, 3.05) is 13.2 Å². The first-order valence-corrected chi connectivity index (χ1v) is 9.18. The van der Waals surface area contributed by atoms with Gasteiger partial charge in [0.1, 0.15) is 12.2 Å². The van der Waals surface area contributed by atoms with E-state index in [0.29, 0.717) is 0 Å². The van der Waals surface area contributed by atoms with E-state index in [9.17, 15) is 9.59 Å². The van der Waals surface area contributed by atoms with Gasteiger partial charge >= 0.3 is 11.9 Å². The van der Waals surface area contributed by atoms with E-state index in [2.05, 4.69) is 13.2 Å². The summed E-state index contributed by atoms with van der Waals surface area (Å²) in [5.41, 5.74) is 0.411. The average Bonchev–Trinajstić information content (AvgIpc) is 3.11. The number of rotatable bonds is 7. The van der Waals surface area contributed by atoms with Crippen LogP contribution in [0.25, 0.3) is 0 Å². The number of esters is 2. The standard InChI is InChI=1S/C20H30O8/c1-11(2)17(21)25-15(13-9-23-19(5,6)27-13)16(26-18(22)12(3)4)14-10-24-20(7,8)28-14/h13-16H,1,3,9-10H2,2,4-8H3/t13-,14-,15-,16-/m1/s1. The molecule has 0 unspecified atom stereocenters. The lowest BCUT2D eigenvalue weighted by Crippen LogP contribution is -2.52. The monoisotopic (exact) mass is 398 g/mol. The van der Waals surface area contributed by atoms with E-state index in [-0.39, 0.29) is 24.4 Å². The molecule has 0 aromatic heterocycles. The molecule has 0 amide bonds. The second-order valence-electron chi connectivity index (χ2n) is 8.03. The van der Waals surface area contributed by atoms with Crippen LogP contribution in [-0.4, -0.2) is 61.1 Å². The van der Waals surface area contributed by atoms with Crippen molar-refractivity contribution in [3.8, 4) is 0 Å². The number of carbonyl (C=O) groups excluding carboxylic acids is 2. The Morgan fingerprint density at radius 2 is 1.14 bits per heavy atom. The van der Waals surface area contributed by atoms with Gasteiger partial charge in [0.2, 0.25) is 0 Å². The summed E-state index contributed by atoms with van der Waals surface area (Å²) in [5.74, 6) is -3.00. The highest BCUT2D eigenvalue weighted by Crippen LogP contribution is 2.33. The summed E-state index contributed by atoms with van der Waals surface area (Å²) >= 11 is 0. The lowest BCUT2D eigenvalue weighted by molar-refractivity contribution is -0.205. The Kier molecular flexibility index (Phi) is 6.70. The minimum Gasteiger partial charge on any atom is -0.452 e. The summed E-state index contributed by atoms with van der Waals surface area (Å²) < 4.78 is 34.3. The second kappa shape index (κ2) is 8.32. The second-order valence-corrected chi connectivity index (χ2v) is 8.03. The maximum atomic E-state index is 12.3. The highest BCUT2D eigenvalue weighted by Gasteiger charge is 2.50. The maximum Gasteiger partial charge on any atom is 0.333 e. The molecule has 28 heavy (non-hydrogen) atoms. The van der Waals surface area contributed by atoms with Crippen molar-refractivity contribution in [1.29, 1.82) is 0 Å². The van der Waals surface area contributed by atoms with Crippen LogP contribution in [0.15, 0.2) is 24.3 Å². The fraction of sp³-hybridized carbons (Fsp3) is 0.700. The van der Waals surface area contributed by atoms with Crippen molar-refractivity contribution < 1.29 is 38.0 Å². The van der Waals surface area contributed by atoms with Crippen LogP contribution in [0.1, 0.15) is 41.5 Å². The molecule has 0 aromatic rings. The first kappa shape index (κ1) is 22.5. The minimum atomic E-state index is -0.989. The Balaban J connectivity index is 2.35. The molecule has 0 N–H and O–H groups in total. The zero-order valence-electron chi connectivity index (χ0n) is 17.4. The fourth-order valence-corrected chi connectivity index (χ4v) is 2.91. The van der Waals surface area contributed by atoms with Crippen LogP contribution in [0.4, 0.5) is 0 Å². The fourth-order valence-electron chi connectivity index (χ4n) is 2.91. The minimum absolute atomic E-state index is 0.152. The summed E-state index contributed by atoms with van der Waals surface area (Å²) in [7, 11) is 0. The molecule has 8 heteroatoms. The van der Waals surface area contributed by atoms with Crippen molar-refractivity contribution >= 4 is 11.9 Å². The van der Waals surface area contributed by atoms with Gasteiger partial charge in [0.25, 0.3) is 0 Å². The summed E-state index contributed by atoms with van der Waals surface area (Å²) in [4.78, 5) is 24.6. The molecule has 2 rings (SSSR count). The Morgan fingerprint density at radius 3 is 1.36 bits per heavy atom. The third-order valence-corrected chi connectivity index (χ3v) is 4.30. The molecule has 8 nitrogen and oxygen atoms in total. The van der Waals surface area contributed by atoms with Gasteiger partial charge in [0.05, 0.1) is 13.2 Å². The molecule has 2 aliphatic heterocycles. The van der Waals surface area contributed by atoms with Crippen LogP contribution < -0.4 is 0 Å². The summed E-state index contributed by atoms with van der Waals surface area (Å²) in [6.07, 6.45) is -3.32. The van der Waals surface area contributed by atoms with Crippen LogP contribution in [-0.2, 0) is 38.0 Å². The van der Waals surface area contributed by atoms with E-state index in [0.717, 1.165) is 0 Å². The highest BCUT2D eigenvalue weighted by molar-refractivity contribution is 5.88. The summed E-state index contributed by atoms with van der Waals surface area (Å²) in [5, 5.41) is 0. The zero-order valence-corrected chi connectivity index (χ0v) is 17.4. The Bertz CT molecular complexity index is 595. The topological polar surface area (TPSA) is 89.5 Å². The van der Waals surface area contributed by atoms with Crippen molar-refractivity contribution in [2.45, 2.75) is 77.5 Å². The van der Waals surface area contributed by atoms with Crippen LogP contribution in [0.2, 0.25) is 0 Å². The normalized spacial score (nSPS) is 27.6. The van der Waals surface area contributed by atoms with Gasteiger partial charge in [-0.3, -0.25) is 0 Å². The van der Waals surface area contributed by atoms with Crippen molar-refractivity contribution in [3.63, 3.8) is 0 Å². The summed E-state index contributed by atoms with van der Waals surface area (Å²) in [6, 6.07) is 0. The molecular weight excluding hydrogens is 368 g/mol. The van der Waals surface area contributed by atoms with Crippen molar-refractivity contribution in [1.82, 2.24) is 0 Å². The van der Waals surface area contributed by atoms with E-state index in [1.54, 1.807) is 27.7 Å². The van der Waals surface area contributed by atoms with E-state index < -0.39 is 47.9 Å². The van der Waals surface area contributed by atoms with Gasteiger partial charge in [0.15, 0.2) is 23.8 Å². The van der Waals surface area contributed by atoms with Gasteiger partial charge in [-0.05, 0) is 41.5 Å². The van der Waals surface area contributed by atoms with E-state index in [4.69, 9.17) is 28.4 Å². The smallest absolute Gasteiger partial charge is 0.333 e. The van der Waals surface area contributed by atoms with Gasteiger partial charge in [-0.2, -0.15) is 0 Å². The zero-order chi connectivity index (χ0) is 21.3. The van der Waals surface area contributed by atoms with Gasteiger partial charge < -0.3 is 28.4 Å². The molecule has 0 saturated carbocycles. The van der Waals surface area contributed by atoms with Crippen LogP contribution in [0, 0.1) is 0 Å². The Labute approximate surface area is 165 Å². The molecule has 0 spiro atoms. The van der Waals surface area contributed by atoms with Crippen molar-refractivity contribution in [3.05, 3.63) is 24.3 Å².